The number of para-hydroxylation sites is 1. The van der Waals surface area contributed by atoms with Crippen LogP contribution in [0.1, 0.15) is 59.2 Å². The number of Topliss-reactive ketones (excluding diaryl/α,β-unsaturated/α-hetero) is 2. The third-order valence-corrected chi connectivity index (χ3v) is 8.17. The number of nitrogens with zero attached hydrogens (tertiary/aromatic N) is 2. The van der Waals surface area contributed by atoms with Crippen molar-refractivity contribution in [1.82, 2.24) is 9.80 Å². The van der Waals surface area contributed by atoms with Gasteiger partial charge >= 0.3 is 0 Å². The van der Waals surface area contributed by atoms with E-state index in [4.69, 9.17) is 9.47 Å². The third-order valence-electron chi connectivity index (χ3n) is 8.17. The summed E-state index contributed by atoms with van der Waals surface area (Å²) in [5, 5.41) is 0. The molecule has 6 rings (SSSR count). The van der Waals surface area contributed by atoms with E-state index in [9.17, 15) is 14.4 Å². The van der Waals surface area contributed by atoms with E-state index in [1.807, 2.05) is 42.5 Å². The van der Waals surface area contributed by atoms with Crippen LogP contribution in [0.2, 0.25) is 0 Å². The number of ketones is 2. The van der Waals surface area contributed by atoms with Crippen molar-refractivity contribution in [3.8, 4) is 11.5 Å². The van der Waals surface area contributed by atoms with Gasteiger partial charge in [0.1, 0.15) is 30.0 Å². The topological polar surface area (TPSA) is 76.2 Å². The molecule has 0 radical (unpaired) electrons. The van der Waals surface area contributed by atoms with Gasteiger partial charge < -0.3 is 14.4 Å². The second-order valence-corrected chi connectivity index (χ2v) is 11.0. The molecule has 0 N–H and O–H groups in total. The number of carbonyl (C=O) groups is 3. The van der Waals surface area contributed by atoms with Gasteiger partial charge in [-0.2, -0.15) is 0 Å². The molecule has 1 saturated carbocycles. The maximum atomic E-state index is 13.1. The molecule has 7 nitrogen and oxygen atoms in total. The van der Waals surface area contributed by atoms with E-state index >= 15 is 0 Å². The Morgan fingerprint density at radius 3 is 2.30 bits per heavy atom. The molecule has 206 valence electrons. The maximum absolute atomic E-state index is 13.1. The van der Waals surface area contributed by atoms with Gasteiger partial charge in [0.25, 0.3) is 5.91 Å². The van der Waals surface area contributed by atoms with Gasteiger partial charge in [0.05, 0.1) is 19.0 Å². The van der Waals surface area contributed by atoms with Gasteiger partial charge in [0.15, 0.2) is 5.78 Å². The number of fused-ring (bicyclic) bond motifs is 1. The van der Waals surface area contributed by atoms with Crippen LogP contribution in [-0.2, 0) is 29.3 Å². The lowest BCUT2D eigenvalue weighted by molar-refractivity contribution is -0.133. The number of piperidine rings is 1. The lowest BCUT2D eigenvalue weighted by Crippen LogP contribution is -2.44. The Bertz CT molecular complexity index is 1380. The third kappa shape index (κ3) is 5.80. The monoisotopic (exact) mass is 538 g/mol. The van der Waals surface area contributed by atoms with Crippen molar-refractivity contribution in [2.75, 3.05) is 13.1 Å². The highest BCUT2D eigenvalue weighted by Crippen LogP contribution is 2.34. The summed E-state index contributed by atoms with van der Waals surface area (Å²) in [4.78, 5) is 41.3. The average Bonchev–Trinajstić information content (AvgIpc) is 3.31. The van der Waals surface area contributed by atoms with Crippen LogP contribution in [0.5, 0.6) is 11.5 Å². The van der Waals surface area contributed by atoms with E-state index < -0.39 is 6.04 Å². The van der Waals surface area contributed by atoms with E-state index in [1.54, 1.807) is 11.0 Å². The molecule has 3 aromatic rings. The molecule has 1 aliphatic carbocycles. The number of likely N-dealkylation sites (tertiary alicyclic amines) is 1. The predicted octanol–water partition coefficient (Wildman–Crippen LogP) is 4.96. The summed E-state index contributed by atoms with van der Waals surface area (Å²) in [7, 11) is 0. The Labute approximate surface area is 234 Å². The Morgan fingerprint density at radius 2 is 1.55 bits per heavy atom. The van der Waals surface area contributed by atoms with Gasteiger partial charge in [-0.1, -0.05) is 48.5 Å². The second-order valence-electron chi connectivity index (χ2n) is 11.0. The molecule has 3 aromatic carbocycles. The van der Waals surface area contributed by atoms with Crippen LogP contribution in [0.15, 0.2) is 72.8 Å². The number of benzene rings is 3. The molecule has 1 atom stereocenters. The Kier molecular flexibility index (Phi) is 7.64. The summed E-state index contributed by atoms with van der Waals surface area (Å²) in [6.45, 7) is 3.67. The Morgan fingerprint density at radius 1 is 0.800 bits per heavy atom. The molecule has 0 spiro atoms. The average molecular weight is 539 g/mol. The SMILES string of the molecule is O=C1CCC(N2Cc3c(OCc4ccc(CN5CCC(Oc6ccccc6)CC5)cc4)cccc3C2=O)C(=O)C1. The molecule has 2 aliphatic heterocycles. The van der Waals surface area contributed by atoms with Crippen molar-refractivity contribution >= 4 is 17.5 Å². The van der Waals surface area contributed by atoms with E-state index in [2.05, 4.69) is 29.2 Å². The zero-order valence-electron chi connectivity index (χ0n) is 22.6. The number of rotatable bonds is 8. The van der Waals surface area contributed by atoms with Gasteiger partial charge in [0.2, 0.25) is 0 Å². The quantitative estimate of drug-likeness (QED) is 0.378. The number of hydrogen-bond donors (Lipinski definition) is 0. The zero-order chi connectivity index (χ0) is 27.5. The summed E-state index contributed by atoms with van der Waals surface area (Å²) in [6.07, 6.45) is 2.98. The van der Waals surface area contributed by atoms with Gasteiger partial charge in [-0.3, -0.25) is 19.3 Å². The molecular weight excluding hydrogens is 504 g/mol. The second kappa shape index (κ2) is 11.6. The first-order valence-corrected chi connectivity index (χ1v) is 14.2. The molecule has 7 heteroatoms. The number of amides is 1. The lowest BCUT2D eigenvalue weighted by Gasteiger charge is -2.32. The largest absolute Gasteiger partial charge is 0.490 e. The molecule has 1 amide bonds. The molecule has 0 aromatic heterocycles. The normalized spacial score (nSPS) is 20.1. The van der Waals surface area contributed by atoms with E-state index in [-0.39, 0.29) is 30.0 Å². The van der Waals surface area contributed by atoms with E-state index in [0.29, 0.717) is 37.3 Å². The van der Waals surface area contributed by atoms with Crippen LogP contribution in [0.4, 0.5) is 0 Å². The van der Waals surface area contributed by atoms with Crippen molar-refractivity contribution in [3.05, 3.63) is 95.1 Å². The molecule has 3 aliphatic rings. The molecule has 1 unspecified atom stereocenters. The highest BCUT2D eigenvalue weighted by Gasteiger charge is 2.40. The fourth-order valence-corrected chi connectivity index (χ4v) is 5.94. The number of carbonyl (C=O) groups excluding carboxylic acids is 3. The van der Waals surface area contributed by atoms with Crippen LogP contribution in [0.3, 0.4) is 0 Å². The zero-order valence-corrected chi connectivity index (χ0v) is 22.6. The van der Waals surface area contributed by atoms with Crippen LogP contribution in [0.25, 0.3) is 0 Å². The van der Waals surface area contributed by atoms with Crippen LogP contribution in [-0.4, -0.2) is 52.5 Å². The minimum atomic E-state index is -0.528. The van der Waals surface area contributed by atoms with Crippen LogP contribution >= 0.6 is 0 Å². The van der Waals surface area contributed by atoms with Crippen molar-refractivity contribution < 1.29 is 23.9 Å². The van der Waals surface area contributed by atoms with Gasteiger partial charge in [-0.05, 0) is 54.7 Å². The minimum Gasteiger partial charge on any atom is -0.490 e. The highest BCUT2D eigenvalue weighted by molar-refractivity contribution is 6.07. The predicted molar refractivity (Wildman–Crippen MR) is 150 cm³/mol. The first kappa shape index (κ1) is 26.3. The summed E-state index contributed by atoms with van der Waals surface area (Å²) in [6, 6.07) is 23.5. The van der Waals surface area contributed by atoms with E-state index in [0.717, 1.165) is 49.4 Å². The smallest absolute Gasteiger partial charge is 0.255 e. The standard InChI is InChI=1S/C33H34N2O5/c36-25-13-14-30(31(37)19-25)35-21-29-28(33(35)38)7-4-8-32(29)39-22-24-11-9-23(10-12-24)20-34-17-15-27(16-18-34)40-26-5-2-1-3-6-26/h1-12,27,30H,13-22H2. The van der Waals surface area contributed by atoms with Gasteiger partial charge in [-0.25, -0.2) is 0 Å². The summed E-state index contributed by atoms with van der Waals surface area (Å²) in [5.74, 6) is 1.24. The number of ether oxygens (including phenoxy) is 2. The molecular formula is C33H34N2O5. The van der Waals surface area contributed by atoms with Crippen LogP contribution in [0, 0.1) is 0 Å². The van der Waals surface area contributed by atoms with Crippen molar-refractivity contribution in [2.24, 2.45) is 0 Å². The highest BCUT2D eigenvalue weighted by atomic mass is 16.5. The van der Waals surface area contributed by atoms with Crippen molar-refractivity contribution in [2.45, 2.75) is 63.9 Å². The first-order valence-electron chi connectivity index (χ1n) is 14.2. The molecule has 0 bridgehead atoms. The van der Waals surface area contributed by atoms with Crippen molar-refractivity contribution in [1.29, 1.82) is 0 Å². The Balaban J connectivity index is 1.01. The Hall–Kier alpha value is -3.97. The molecule has 2 fully saturated rings. The van der Waals surface area contributed by atoms with Gasteiger partial charge in [0, 0.05) is 37.2 Å². The van der Waals surface area contributed by atoms with Crippen molar-refractivity contribution in [3.63, 3.8) is 0 Å². The number of hydrogen-bond acceptors (Lipinski definition) is 6. The fourth-order valence-electron chi connectivity index (χ4n) is 5.94. The molecule has 2 heterocycles. The van der Waals surface area contributed by atoms with Crippen LogP contribution < -0.4 is 9.47 Å². The lowest BCUT2D eigenvalue weighted by atomic mass is 9.92. The summed E-state index contributed by atoms with van der Waals surface area (Å²) < 4.78 is 12.3. The van der Waals surface area contributed by atoms with Gasteiger partial charge in [-0.15, -0.1) is 0 Å². The summed E-state index contributed by atoms with van der Waals surface area (Å²) >= 11 is 0. The fraction of sp³-hybridized carbons (Fsp3) is 0.364. The maximum Gasteiger partial charge on any atom is 0.255 e. The first-order chi connectivity index (χ1) is 19.5. The minimum absolute atomic E-state index is 0.0431. The summed E-state index contributed by atoms with van der Waals surface area (Å²) in [5.41, 5.74) is 3.71. The molecule has 40 heavy (non-hydrogen) atoms. The van der Waals surface area contributed by atoms with E-state index in [1.165, 1.54) is 5.56 Å². The molecule has 1 saturated heterocycles.